The topological polar surface area (TPSA) is 103 Å². The Balaban J connectivity index is 3.34. The third kappa shape index (κ3) is 3.74. The van der Waals surface area contributed by atoms with Crippen LogP contribution in [-0.2, 0) is 0 Å². The van der Waals surface area contributed by atoms with E-state index in [-0.39, 0.29) is 16.9 Å². The lowest BCUT2D eigenvalue weighted by molar-refractivity contribution is 1.37. The van der Waals surface area contributed by atoms with Gasteiger partial charge in [-0.1, -0.05) is 23.2 Å². The Hall–Kier alpha value is -0.500. The number of aliphatic imine (C=N–C) groups is 2. The van der Waals surface area contributed by atoms with Crippen molar-refractivity contribution in [2.45, 2.75) is 0 Å². The van der Waals surface area contributed by atoms with Crippen molar-refractivity contribution >= 4 is 72.7 Å². The quantitative estimate of drug-likeness (QED) is 0.290. The Kier molecular flexibility index (Phi) is 5.05. The number of hydrogen-bond donors (Lipinski definition) is 3. The van der Waals surface area contributed by atoms with Crippen molar-refractivity contribution in [1.29, 1.82) is 0 Å². The summed E-state index contributed by atoms with van der Waals surface area (Å²) in [4.78, 5) is 7.54. The number of hydrogen-bond acceptors (Lipinski definition) is 1. The summed E-state index contributed by atoms with van der Waals surface area (Å²) in [6, 6.07) is 1.69. The Morgan fingerprint density at radius 1 is 1.06 bits per heavy atom. The minimum atomic E-state index is -0.193. The van der Waals surface area contributed by atoms with E-state index in [0.29, 0.717) is 19.7 Å². The van der Waals surface area contributed by atoms with Gasteiger partial charge in [0.25, 0.3) is 0 Å². The van der Waals surface area contributed by atoms with Crippen LogP contribution in [0, 0.1) is 0 Å². The summed E-state index contributed by atoms with van der Waals surface area (Å²) in [5, 5.41) is 0.563. The number of nitrogens with zero attached hydrogens (tertiary/aromatic N) is 2. The number of halogens is 4. The molecular formula is C8H7Br2Cl2N5. The zero-order valence-corrected chi connectivity index (χ0v) is 12.9. The summed E-state index contributed by atoms with van der Waals surface area (Å²) < 4.78 is 1.24. The van der Waals surface area contributed by atoms with E-state index in [1.807, 2.05) is 0 Å². The molecule has 0 spiro atoms. The maximum atomic E-state index is 6.02. The largest absolute Gasteiger partial charge is 0.370 e. The molecule has 0 aromatic heterocycles. The van der Waals surface area contributed by atoms with E-state index < -0.39 is 0 Å². The summed E-state index contributed by atoms with van der Waals surface area (Å²) in [5.74, 6) is -0.312. The molecule has 17 heavy (non-hydrogen) atoms. The smallest absolute Gasteiger partial charge is 0.223 e. The fourth-order valence-corrected chi connectivity index (χ4v) is 2.80. The number of nitrogens with two attached hydrogens (primary N) is 3. The predicted molar refractivity (Wildman–Crippen MR) is 79.0 cm³/mol. The molecule has 0 radical (unpaired) electrons. The second-order valence-corrected chi connectivity index (χ2v) is 5.29. The zero-order valence-electron chi connectivity index (χ0n) is 8.22. The van der Waals surface area contributed by atoms with Gasteiger partial charge in [-0.3, -0.25) is 0 Å². The molecule has 0 saturated carbocycles. The summed E-state index contributed by atoms with van der Waals surface area (Å²) in [6.45, 7) is 0. The molecule has 1 aromatic rings. The van der Waals surface area contributed by atoms with E-state index in [9.17, 15) is 0 Å². The standard InChI is InChI=1S/C8H7Br2Cl2N5/c9-2-1-3(10)6(5(12)4(2)11)16-8(15)17-7(13)14/h1H,(H6,13,14,15,16,17). The Morgan fingerprint density at radius 3 is 2.18 bits per heavy atom. The van der Waals surface area contributed by atoms with Gasteiger partial charge in [-0.15, -0.1) is 0 Å². The summed E-state index contributed by atoms with van der Waals surface area (Å²) in [6.07, 6.45) is 0. The molecule has 0 unspecified atom stereocenters. The van der Waals surface area contributed by atoms with Crippen LogP contribution in [0.4, 0.5) is 5.69 Å². The molecule has 0 aliphatic heterocycles. The van der Waals surface area contributed by atoms with Crippen LogP contribution >= 0.6 is 55.1 Å². The van der Waals surface area contributed by atoms with Gasteiger partial charge in [0.05, 0.1) is 10.0 Å². The highest BCUT2D eigenvalue weighted by Gasteiger charge is 2.13. The first-order valence-electron chi connectivity index (χ1n) is 4.09. The molecule has 9 heteroatoms. The Labute approximate surface area is 124 Å². The summed E-state index contributed by atoms with van der Waals surface area (Å²) in [5.41, 5.74) is 16.2. The first-order valence-corrected chi connectivity index (χ1v) is 6.44. The van der Waals surface area contributed by atoms with Crippen molar-refractivity contribution in [1.82, 2.24) is 0 Å². The lowest BCUT2D eigenvalue weighted by Gasteiger charge is -2.06. The van der Waals surface area contributed by atoms with Crippen LogP contribution < -0.4 is 17.2 Å². The highest BCUT2D eigenvalue weighted by Crippen LogP contribution is 2.42. The second-order valence-electron chi connectivity index (χ2n) is 2.82. The molecule has 0 saturated heterocycles. The van der Waals surface area contributed by atoms with E-state index in [2.05, 4.69) is 41.8 Å². The van der Waals surface area contributed by atoms with Crippen molar-refractivity contribution in [2.75, 3.05) is 0 Å². The molecule has 5 nitrogen and oxygen atoms in total. The molecule has 1 aromatic carbocycles. The highest BCUT2D eigenvalue weighted by molar-refractivity contribution is 9.11. The molecule has 6 N–H and O–H groups in total. The van der Waals surface area contributed by atoms with Crippen molar-refractivity contribution in [3.63, 3.8) is 0 Å². The van der Waals surface area contributed by atoms with Gasteiger partial charge in [-0.25, -0.2) is 4.99 Å². The second kappa shape index (κ2) is 5.90. The molecule has 0 heterocycles. The average Bonchev–Trinajstić information content (AvgIpc) is 2.20. The van der Waals surface area contributed by atoms with Crippen LogP contribution in [0.25, 0.3) is 0 Å². The van der Waals surface area contributed by atoms with E-state index >= 15 is 0 Å². The van der Waals surface area contributed by atoms with E-state index in [4.69, 9.17) is 40.4 Å². The first kappa shape index (κ1) is 14.6. The van der Waals surface area contributed by atoms with Gasteiger partial charge in [0, 0.05) is 8.95 Å². The monoisotopic (exact) mass is 401 g/mol. The Bertz CT molecular complexity index is 511. The minimum Gasteiger partial charge on any atom is -0.370 e. The minimum absolute atomic E-state index is 0.119. The van der Waals surface area contributed by atoms with Crippen LogP contribution in [-0.4, -0.2) is 11.9 Å². The normalized spacial score (nSPS) is 11.4. The fourth-order valence-electron chi connectivity index (χ4n) is 0.931. The van der Waals surface area contributed by atoms with Gasteiger partial charge >= 0.3 is 0 Å². The third-order valence-electron chi connectivity index (χ3n) is 1.56. The summed E-state index contributed by atoms with van der Waals surface area (Å²) >= 11 is 18.5. The number of benzene rings is 1. The van der Waals surface area contributed by atoms with Crippen LogP contribution in [0.2, 0.25) is 10.0 Å². The van der Waals surface area contributed by atoms with Crippen molar-refractivity contribution in [3.8, 4) is 0 Å². The van der Waals surface area contributed by atoms with Crippen LogP contribution in [0.5, 0.6) is 0 Å². The zero-order chi connectivity index (χ0) is 13.2. The first-order chi connectivity index (χ1) is 7.82. The van der Waals surface area contributed by atoms with Crippen LogP contribution in [0.3, 0.4) is 0 Å². The molecule has 92 valence electrons. The van der Waals surface area contributed by atoms with E-state index in [0.717, 1.165) is 0 Å². The molecule has 0 fully saturated rings. The maximum absolute atomic E-state index is 6.02. The third-order valence-corrected chi connectivity index (χ3v) is 3.88. The van der Waals surface area contributed by atoms with Gasteiger partial charge in [0.1, 0.15) is 5.69 Å². The fraction of sp³-hybridized carbons (Fsp3) is 0. The van der Waals surface area contributed by atoms with Crippen LogP contribution in [0.1, 0.15) is 0 Å². The highest BCUT2D eigenvalue weighted by atomic mass is 79.9. The van der Waals surface area contributed by atoms with Gasteiger partial charge in [0.2, 0.25) is 5.96 Å². The van der Waals surface area contributed by atoms with Gasteiger partial charge < -0.3 is 17.2 Å². The SMILES string of the molecule is NC(N)=NC(N)=Nc1c(Br)cc(Br)c(Cl)c1Cl. The van der Waals surface area contributed by atoms with E-state index in [1.165, 1.54) is 0 Å². The summed E-state index contributed by atoms with van der Waals surface area (Å²) in [7, 11) is 0. The van der Waals surface area contributed by atoms with Crippen LogP contribution in [0.15, 0.2) is 25.0 Å². The van der Waals surface area contributed by atoms with Crippen molar-refractivity contribution in [3.05, 3.63) is 25.1 Å². The van der Waals surface area contributed by atoms with E-state index in [1.54, 1.807) is 6.07 Å². The van der Waals surface area contributed by atoms with Crippen molar-refractivity contribution in [2.24, 2.45) is 27.2 Å². The number of guanidine groups is 2. The molecule has 0 aliphatic rings. The molecule has 0 amide bonds. The molecule has 0 aliphatic carbocycles. The predicted octanol–water partition coefficient (Wildman–Crippen LogP) is 2.74. The molecular weight excluding hydrogens is 397 g/mol. The van der Waals surface area contributed by atoms with Gasteiger partial charge in [-0.05, 0) is 37.9 Å². The van der Waals surface area contributed by atoms with Gasteiger partial charge in [-0.2, -0.15) is 4.99 Å². The molecule has 0 atom stereocenters. The molecule has 1 rings (SSSR count). The molecule has 0 bridgehead atoms. The van der Waals surface area contributed by atoms with Gasteiger partial charge in [0.15, 0.2) is 5.96 Å². The Morgan fingerprint density at radius 2 is 1.65 bits per heavy atom. The average molecular weight is 404 g/mol. The number of rotatable bonds is 1. The lowest BCUT2D eigenvalue weighted by Crippen LogP contribution is -2.26. The lowest BCUT2D eigenvalue weighted by atomic mass is 10.3. The maximum Gasteiger partial charge on any atom is 0.223 e. The van der Waals surface area contributed by atoms with Crippen molar-refractivity contribution < 1.29 is 0 Å².